The summed E-state index contributed by atoms with van der Waals surface area (Å²) in [7, 11) is 0. The fourth-order valence-electron chi connectivity index (χ4n) is 3.75. The van der Waals surface area contributed by atoms with Gasteiger partial charge in [-0.1, -0.05) is 13.8 Å². The zero-order valence-corrected chi connectivity index (χ0v) is 18.9. The van der Waals surface area contributed by atoms with E-state index in [1.165, 1.54) is 0 Å². The minimum absolute atomic E-state index is 0.139. The number of hydrogen-bond acceptors (Lipinski definition) is 7. The van der Waals surface area contributed by atoms with Gasteiger partial charge in [0.1, 0.15) is 0 Å². The molecule has 2 fully saturated rings. The number of hydrogen-bond donors (Lipinski definition) is 4. The SMILES string of the molecule is CC(C)(COC1CCCCO1)C(=N)CC(=O)NC(=O)C(C)(C)NC1CCC(O)CC1. The summed E-state index contributed by atoms with van der Waals surface area (Å²) in [4.78, 5) is 25.0. The fraction of sp³-hybridized carbons (Fsp3) is 0.864. The van der Waals surface area contributed by atoms with Crippen LogP contribution in [0.2, 0.25) is 0 Å². The lowest BCUT2D eigenvalue weighted by molar-refractivity contribution is -0.171. The maximum atomic E-state index is 12.6. The van der Waals surface area contributed by atoms with Crippen LogP contribution in [-0.2, 0) is 19.1 Å². The Morgan fingerprint density at radius 1 is 1.10 bits per heavy atom. The molecule has 2 rings (SSSR count). The summed E-state index contributed by atoms with van der Waals surface area (Å²) in [6, 6.07) is 0.139. The highest BCUT2D eigenvalue weighted by atomic mass is 16.7. The smallest absolute Gasteiger partial charge is 0.246 e. The molecule has 4 N–H and O–H groups in total. The number of aliphatic hydroxyl groups is 1. The van der Waals surface area contributed by atoms with Gasteiger partial charge in [0.15, 0.2) is 6.29 Å². The fourth-order valence-corrected chi connectivity index (χ4v) is 3.75. The Morgan fingerprint density at radius 2 is 1.77 bits per heavy atom. The number of ether oxygens (including phenoxy) is 2. The van der Waals surface area contributed by atoms with Crippen molar-refractivity contribution in [2.45, 2.75) is 103 Å². The summed E-state index contributed by atoms with van der Waals surface area (Å²) < 4.78 is 11.3. The number of nitrogens with one attached hydrogen (secondary N) is 3. The Hall–Kier alpha value is -1.35. The lowest BCUT2D eigenvalue weighted by Crippen LogP contribution is -2.57. The van der Waals surface area contributed by atoms with Crippen LogP contribution in [0, 0.1) is 10.8 Å². The van der Waals surface area contributed by atoms with E-state index in [9.17, 15) is 14.7 Å². The van der Waals surface area contributed by atoms with E-state index < -0.39 is 22.8 Å². The lowest BCUT2D eigenvalue weighted by Gasteiger charge is -2.34. The summed E-state index contributed by atoms with van der Waals surface area (Å²) in [5.41, 5.74) is -1.32. The molecule has 8 heteroatoms. The maximum Gasteiger partial charge on any atom is 0.246 e. The summed E-state index contributed by atoms with van der Waals surface area (Å²) in [5.74, 6) is -0.892. The van der Waals surface area contributed by atoms with Crippen molar-refractivity contribution >= 4 is 17.5 Å². The van der Waals surface area contributed by atoms with Gasteiger partial charge in [-0.15, -0.1) is 0 Å². The number of rotatable bonds is 9. The van der Waals surface area contributed by atoms with E-state index in [0.717, 1.165) is 32.1 Å². The Kier molecular flexibility index (Phi) is 8.97. The van der Waals surface area contributed by atoms with E-state index >= 15 is 0 Å². The van der Waals surface area contributed by atoms with Gasteiger partial charge >= 0.3 is 0 Å². The van der Waals surface area contributed by atoms with E-state index in [1.54, 1.807) is 13.8 Å². The molecule has 1 heterocycles. The number of amides is 2. The van der Waals surface area contributed by atoms with Crippen molar-refractivity contribution in [1.82, 2.24) is 10.6 Å². The van der Waals surface area contributed by atoms with Gasteiger partial charge in [0.25, 0.3) is 0 Å². The number of imide groups is 1. The molecule has 1 aliphatic heterocycles. The predicted molar refractivity (Wildman–Crippen MR) is 114 cm³/mol. The quantitative estimate of drug-likeness (QED) is 0.421. The van der Waals surface area contributed by atoms with Crippen LogP contribution in [0.3, 0.4) is 0 Å². The molecule has 30 heavy (non-hydrogen) atoms. The van der Waals surface area contributed by atoms with Gasteiger partial charge < -0.3 is 25.3 Å². The molecule has 172 valence electrons. The molecular weight excluding hydrogens is 386 g/mol. The zero-order valence-electron chi connectivity index (χ0n) is 18.9. The Bertz CT molecular complexity index is 606. The number of aliphatic hydroxyl groups excluding tert-OH is 1. The number of carbonyl (C=O) groups is 2. The molecule has 2 aliphatic rings. The largest absolute Gasteiger partial charge is 0.393 e. The lowest BCUT2D eigenvalue weighted by atomic mass is 9.86. The first kappa shape index (κ1) is 24.9. The maximum absolute atomic E-state index is 12.6. The van der Waals surface area contributed by atoms with Crippen LogP contribution in [-0.4, -0.2) is 59.8 Å². The highest BCUT2D eigenvalue weighted by molar-refractivity contribution is 6.08. The van der Waals surface area contributed by atoms with Gasteiger partial charge in [-0.3, -0.25) is 14.9 Å². The Labute approximate surface area is 180 Å². The molecular formula is C22H39N3O5. The normalized spacial score (nSPS) is 25.6. The summed E-state index contributed by atoms with van der Waals surface area (Å²) in [6.45, 7) is 8.19. The number of carbonyl (C=O) groups excluding carboxylic acids is 2. The van der Waals surface area contributed by atoms with Crippen molar-refractivity contribution < 1.29 is 24.2 Å². The predicted octanol–water partition coefficient (Wildman–Crippen LogP) is 2.28. The molecule has 0 aromatic carbocycles. The zero-order chi connectivity index (χ0) is 22.4. The second-order valence-corrected chi connectivity index (χ2v) is 9.80. The van der Waals surface area contributed by atoms with Crippen molar-refractivity contribution in [1.29, 1.82) is 5.41 Å². The average molecular weight is 426 g/mol. The van der Waals surface area contributed by atoms with Crippen LogP contribution in [0.1, 0.15) is 79.1 Å². The van der Waals surface area contributed by atoms with Crippen LogP contribution >= 0.6 is 0 Å². The molecule has 0 bridgehead atoms. The summed E-state index contributed by atoms with van der Waals surface area (Å²) in [5, 5.41) is 23.7. The monoisotopic (exact) mass is 425 g/mol. The van der Waals surface area contributed by atoms with E-state index in [2.05, 4.69) is 10.6 Å². The Balaban J connectivity index is 1.78. The third-order valence-electron chi connectivity index (χ3n) is 6.00. The van der Waals surface area contributed by atoms with Crippen molar-refractivity contribution in [2.24, 2.45) is 5.41 Å². The highest BCUT2D eigenvalue weighted by Crippen LogP contribution is 2.23. The molecule has 2 amide bonds. The van der Waals surface area contributed by atoms with Crippen LogP contribution < -0.4 is 10.6 Å². The molecule has 0 aromatic rings. The van der Waals surface area contributed by atoms with Crippen molar-refractivity contribution in [3.05, 3.63) is 0 Å². The molecule has 0 aromatic heterocycles. The van der Waals surface area contributed by atoms with Crippen LogP contribution in [0.15, 0.2) is 0 Å². The van der Waals surface area contributed by atoms with Crippen LogP contribution in [0.5, 0.6) is 0 Å². The summed E-state index contributed by atoms with van der Waals surface area (Å²) >= 11 is 0. The third kappa shape index (κ3) is 7.72. The first-order valence-electron chi connectivity index (χ1n) is 11.1. The Morgan fingerprint density at radius 3 is 2.37 bits per heavy atom. The first-order valence-corrected chi connectivity index (χ1v) is 11.1. The van der Waals surface area contributed by atoms with Gasteiger partial charge in [0, 0.05) is 23.8 Å². The van der Waals surface area contributed by atoms with Gasteiger partial charge in [0.05, 0.1) is 24.7 Å². The molecule has 0 spiro atoms. The van der Waals surface area contributed by atoms with Gasteiger partial charge in [-0.25, -0.2) is 0 Å². The molecule has 0 radical (unpaired) electrons. The topological polar surface area (TPSA) is 121 Å². The van der Waals surface area contributed by atoms with E-state index in [0.29, 0.717) is 19.4 Å². The second-order valence-electron chi connectivity index (χ2n) is 9.80. The highest BCUT2D eigenvalue weighted by Gasteiger charge is 2.34. The average Bonchev–Trinajstić information content (AvgIpc) is 2.68. The molecule has 1 atom stereocenters. The minimum Gasteiger partial charge on any atom is -0.393 e. The third-order valence-corrected chi connectivity index (χ3v) is 6.00. The van der Waals surface area contributed by atoms with Gasteiger partial charge in [-0.2, -0.15) is 0 Å². The minimum atomic E-state index is -0.915. The van der Waals surface area contributed by atoms with E-state index in [4.69, 9.17) is 14.9 Å². The van der Waals surface area contributed by atoms with Crippen LogP contribution in [0.4, 0.5) is 0 Å². The molecule has 1 aliphatic carbocycles. The van der Waals surface area contributed by atoms with Crippen molar-refractivity contribution in [3.63, 3.8) is 0 Å². The van der Waals surface area contributed by atoms with E-state index in [-0.39, 0.29) is 37.2 Å². The molecule has 1 saturated carbocycles. The standard InChI is InChI=1S/C22H39N3O5/c1-21(2,14-30-19-7-5-6-12-29-19)17(23)13-18(27)24-20(28)22(3,4)25-15-8-10-16(26)11-9-15/h15-16,19,23,25-26H,5-14H2,1-4H3,(H,24,27,28). The van der Waals surface area contributed by atoms with Crippen molar-refractivity contribution in [3.8, 4) is 0 Å². The van der Waals surface area contributed by atoms with Gasteiger partial charge in [0.2, 0.25) is 11.8 Å². The first-order chi connectivity index (χ1) is 14.0. The van der Waals surface area contributed by atoms with Gasteiger partial charge in [-0.05, 0) is 58.8 Å². The van der Waals surface area contributed by atoms with E-state index in [1.807, 2.05) is 13.8 Å². The molecule has 1 saturated heterocycles. The molecule has 1 unspecified atom stereocenters. The second kappa shape index (κ2) is 10.8. The molecule has 8 nitrogen and oxygen atoms in total. The van der Waals surface area contributed by atoms with Crippen LogP contribution in [0.25, 0.3) is 0 Å². The van der Waals surface area contributed by atoms with Crippen molar-refractivity contribution in [2.75, 3.05) is 13.2 Å². The summed E-state index contributed by atoms with van der Waals surface area (Å²) in [6.07, 6.45) is 5.34.